The van der Waals surface area contributed by atoms with Gasteiger partial charge in [0.25, 0.3) is 0 Å². The number of carbonyl (C=O) groups excluding carboxylic acids is 2. The lowest BCUT2D eigenvalue weighted by atomic mass is 10.0. The van der Waals surface area contributed by atoms with Gasteiger partial charge in [-0.2, -0.15) is 0 Å². The van der Waals surface area contributed by atoms with Crippen molar-refractivity contribution in [1.82, 2.24) is 9.80 Å². The lowest BCUT2D eigenvalue weighted by Crippen LogP contribution is -2.57. The first-order valence-electron chi connectivity index (χ1n) is 9.94. The first-order valence-corrected chi connectivity index (χ1v) is 10.8. The first kappa shape index (κ1) is 22.5. The Morgan fingerprint density at radius 1 is 1.07 bits per heavy atom. The molecule has 1 saturated heterocycles. The number of ether oxygens (including phenoxy) is 2. The predicted octanol–water partition coefficient (Wildman–Crippen LogP) is 4.93. The van der Waals surface area contributed by atoms with Crippen molar-refractivity contribution in [2.75, 3.05) is 19.6 Å². The van der Waals surface area contributed by atoms with Gasteiger partial charge in [0.1, 0.15) is 11.2 Å². The van der Waals surface area contributed by atoms with Gasteiger partial charge in [-0.3, -0.25) is 0 Å². The number of rotatable bonds is 4. The SMILES string of the molecule is CC(C)(C)OC(=O)N1CCN(C(=O)OC(C)(C)C)C(CCCc2cccs2)C1. The van der Waals surface area contributed by atoms with E-state index < -0.39 is 11.2 Å². The van der Waals surface area contributed by atoms with Crippen LogP contribution in [-0.2, 0) is 15.9 Å². The molecule has 2 rings (SSSR count). The summed E-state index contributed by atoms with van der Waals surface area (Å²) in [6, 6.07) is 4.11. The predicted molar refractivity (Wildman–Crippen MR) is 112 cm³/mol. The fourth-order valence-corrected chi connectivity index (χ4v) is 3.87. The molecule has 0 spiro atoms. The van der Waals surface area contributed by atoms with Crippen LogP contribution >= 0.6 is 11.3 Å². The van der Waals surface area contributed by atoms with Crippen LogP contribution in [0.2, 0.25) is 0 Å². The molecule has 7 heteroatoms. The van der Waals surface area contributed by atoms with Gasteiger partial charge in [0.05, 0.1) is 6.04 Å². The molecule has 0 bridgehead atoms. The second-order valence-corrected chi connectivity index (χ2v) is 10.3. The molecular weight excluding hydrogens is 376 g/mol. The molecule has 158 valence electrons. The number of hydrogen-bond donors (Lipinski definition) is 0. The molecule has 1 unspecified atom stereocenters. The van der Waals surface area contributed by atoms with E-state index in [1.165, 1.54) is 4.88 Å². The van der Waals surface area contributed by atoms with Gasteiger partial charge in [0.15, 0.2) is 0 Å². The third kappa shape index (κ3) is 7.34. The molecule has 6 nitrogen and oxygen atoms in total. The zero-order valence-electron chi connectivity index (χ0n) is 18.0. The van der Waals surface area contributed by atoms with Crippen LogP contribution in [0.25, 0.3) is 0 Å². The minimum Gasteiger partial charge on any atom is -0.444 e. The number of amides is 2. The van der Waals surface area contributed by atoms with Gasteiger partial charge >= 0.3 is 12.2 Å². The molecule has 1 aliphatic rings. The lowest BCUT2D eigenvalue weighted by Gasteiger charge is -2.42. The van der Waals surface area contributed by atoms with Gasteiger partial charge in [0, 0.05) is 24.5 Å². The lowest BCUT2D eigenvalue weighted by molar-refractivity contribution is -0.0160. The minimum absolute atomic E-state index is 0.0731. The zero-order valence-corrected chi connectivity index (χ0v) is 18.8. The van der Waals surface area contributed by atoms with E-state index >= 15 is 0 Å². The van der Waals surface area contributed by atoms with Crippen LogP contribution < -0.4 is 0 Å². The highest BCUT2D eigenvalue weighted by atomic mass is 32.1. The Kier molecular flexibility index (Phi) is 7.37. The van der Waals surface area contributed by atoms with Gasteiger partial charge in [-0.25, -0.2) is 9.59 Å². The van der Waals surface area contributed by atoms with Crippen LogP contribution in [0.4, 0.5) is 9.59 Å². The number of nitrogens with zero attached hydrogens (tertiary/aromatic N) is 2. The molecule has 0 N–H and O–H groups in total. The standard InChI is InChI=1S/C21H34N2O4S/c1-20(2,3)26-18(24)22-12-13-23(19(25)27-21(4,5)6)16(15-22)9-7-10-17-11-8-14-28-17/h8,11,14,16H,7,9-10,12-13,15H2,1-6H3. The number of carbonyl (C=O) groups is 2. The van der Waals surface area contributed by atoms with E-state index in [4.69, 9.17) is 9.47 Å². The van der Waals surface area contributed by atoms with Crippen molar-refractivity contribution in [1.29, 1.82) is 0 Å². The van der Waals surface area contributed by atoms with E-state index in [0.717, 1.165) is 19.3 Å². The third-order valence-electron chi connectivity index (χ3n) is 4.30. The van der Waals surface area contributed by atoms with Crippen molar-refractivity contribution >= 4 is 23.5 Å². The van der Waals surface area contributed by atoms with Crippen LogP contribution in [0.1, 0.15) is 59.3 Å². The molecule has 1 aliphatic heterocycles. The smallest absolute Gasteiger partial charge is 0.410 e. The number of piperazine rings is 1. The molecule has 28 heavy (non-hydrogen) atoms. The summed E-state index contributed by atoms with van der Waals surface area (Å²) in [4.78, 5) is 30.0. The normalized spacial score (nSPS) is 18.1. The van der Waals surface area contributed by atoms with Crippen molar-refractivity contribution in [3.05, 3.63) is 22.4 Å². The number of thiophene rings is 1. The molecule has 0 saturated carbocycles. The molecule has 2 heterocycles. The molecule has 0 aliphatic carbocycles. The van der Waals surface area contributed by atoms with Gasteiger partial charge in [-0.15, -0.1) is 11.3 Å². The van der Waals surface area contributed by atoms with Gasteiger partial charge in [0.2, 0.25) is 0 Å². The maximum absolute atomic E-state index is 12.7. The van der Waals surface area contributed by atoms with E-state index in [1.54, 1.807) is 21.1 Å². The highest BCUT2D eigenvalue weighted by Crippen LogP contribution is 2.22. The second kappa shape index (κ2) is 9.16. The van der Waals surface area contributed by atoms with E-state index in [1.807, 2.05) is 41.5 Å². The molecule has 1 fully saturated rings. The number of aryl methyl sites for hydroxylation is 1. The van der Waals surface area contributed by atoms with Crippen molar-refractivity contribution in [3.8, 4) is 0 Å². The van der Waals surface area contributed by atoms with E-state index in [9.17, 15) is 9.59 Å². The first-order chi connectivity index (χ1) is 12.9. The van der Waals surface area contributed by atoms with Crippen molar-refractivity contribution in [2.45, 2.75) is 78.0 Å². The fraction of sp³-hybridized carbons (Fsp3) is 0.714. The zero-order chi connectivity index (χ0) is 20.9. The molecular formula is C21H34N2O4S. The summed E-state index contributed by atoms with van der Waals surface area (Å²) < 4.78 is 11.1. The molecule has 0 radical (unpaired) electrons. The van der Waals surface area contributed by atoms with Crippen LogP contribution in [0.5, 0.6) is 0 Å². The van der Waals surface area contributed by atoms with Crippen LogP contribution in [-0.4, -0.2) is 58.9 Å². The summed E-state index contributed by atoms with van der Waals surface area (Å²) in [6.45, 7) is 12.6. The third-order valence-corrected chi connectivity index (χ3v) is 5.24. The maximum atomic E-state index is 12.7. The van der Waals surface area contributed by atoms with Crippen LogP contribution in [0, 0.1) is 0 Å². The molecule has 2 amide bonds. The maximum Gasteiger partial charge on any atom is 0.410 e. The van der Waals surface area contributed by atoms with E-state index in [2.05, 4.69) is 17.5 Å². The highest BCUT2D eigenvalue weighted by molar-refractivity contribution is 7.09. The Hall–Kier alpha value is -1.76. The van der Waals surface area contributed by atoms with Gasteiger partial charge < -0.3 is 19.3 Å². The summed E-state index contributed by atoms with van der Waals surface area (Å²) >= 11 is 1.75. The van der Waals surface area contributed by atoms with Gasteiger partial charge in [-0.1, -0.05) is 6.07 Å². The molecule has 0 aromatic carbocycles. The average molecular weight is 411 g/mol. The van der Waals surface area contributed by atoms with Gasteiger partial charge in [-0.05, 0) is 72.3 Å². The Balaban J connectivity index is 2.02. The van der Waals surface area contributed by atoms with Crippen molar-refractivity contribution < 1.29 is 19.1 Å². The monoisotopic (exact) mass is 410 g/mol. The Morgan fingerprint density at radius 2 is 1.71 bits per heavy atom. The Labute approximate surface area is 172 Å². The quantitative estimate of drug-likeness (QED) is 0.706. The summed E-state index contributed by atoms with van der Waals surface area (Å²) in [6.07, 6.45) is 2.11. The molecule has 1 aromatic heterocycles. The van der Waals surface area contributed by atoms with Crippen molar-refractivity contribution in [3.63, 3.8) is 0 Å². The minimum atomic E-state index is -0.541. The average Bonchev–Trinajstić information content (AvgIpc) is 3.05. The largest absolute Gasteiger partial charge is 0.444 e. The summed E-state index contributed by atoms with van der Waals surface area (Å²) in [5.74, 6) is 0. The Morgan fingerprint density at radius 3 is 2.29 bits per heavy atom. The summed E-state index contributed by atoms with van der Waals surface area (Å²) in [5.41, 5.74) is -1.07. The van der Waals surface area contributed by atoms with E-state index in [0.29, 0.717) is 19.6 Å². The highest BCUT2D eigenvalue weighted by Gasteiger charge is 2.36. The molecule has 1 atom stereocenters. The Bertz CT molecular complexity index is 646. The summed E-state index contributed by atoms with van der Waals surface area (Å²) in [5, 5.41) is 2.08. The topological polar surface area (TPSA) is 59.1 Å². The van der Waals surface area contributed by atoms with Crippen molar-refractivity contribution in [2.24, 2.45) is 0 Å². The van der Waals surface area contributed by atoms with E-state index in [-0.39, 0.29) is 18.2 Å². The fourth-order valence-electron chi connectivity index (χ4n) is 3.12. The second-order valence-electron chi connectivity index (χ2n) is 9.23. The van der Waals surface area contributed by atoms with Crippen LogP contribution in [0.3, 0.4) is 0 Å². The summed E-state index contributed by atoms with van der Waals surface area (Å²) in [7, 11) is 0. The van der Waals surface area contributed by atoms with Crippen LogP contribution in [0.15, 0.2) is 17.5 Å². The molecule has 1 aromatic rings. The number of hydrogen-bond acceptors (Lipinski definition) is 5.